The smallest absolute Gasteiger partial charge is 0.229 e. The highest BCUT2D eigenvalue weighted by molar-refractivity contribution is 6.08. The molecule has 0 aromatic heterocycles. The van der Waals surface area contributed by atoms with Gasteiger partial charge in [-0.25, -0.2) is 0 Å². The van der Waals surface area contributed by atoms with Gasteiger partial charge < -0.3 is 15.0 Å². The molecule has 1 aliphatic rings. The summed E-state index contributed by atoms with van der Waals surface area (Å²) in [6, 6.07) is 21.1. The number of carbonyl (C=O) groups excluding carboxylic acids is 2. The molecule has 0 saturated carbocycles. The van der Waals surface area contributed by atoms with Gasteiger partial charge in [0.1, 0.15) is 5.75 Å². The third-order valence-corrected chi connectivity index (χ3v) is 4.99. The van der Waals surface area contributed by atoms with Gasteiger partial charge in [-0.3, -0.25) is 9.59 Å². The quantitative estimate of drug-likeness (QED) is 0.727. The van der Waals surface area contributed by atoms with E-state index in [1.807, 2.05) is 73.7 Å². The Morgan fingerprint density at radius 3 is 2.61 bits per heavy atom. The van der Waals surface area contributed by atoms with Gasteiger partial charge in [0, 0.05) is 24.0 Å². The van der Waals surface area contributed by atoms with Gasteiger partial charge in [0.2, 0.25) is 11.8 Å². The first-order valence-corrected chi connectivity index (χ1v) is 9.47. The zero-order valence-corrected chi connectivity index (χ0v) is 15.7. The van der Waals surface area contributed by atoms with Crippen LogP contribution in [0.4, 0.5) is 11.4 Å². The molecule has 0 unspecified atom stereocenters. The Bertz CT molecular complexity index is 1010. The number of hydrogen-bond donors (Lipinski definition) is 1. The minimum atomic E-state index is -0.377. The Hall–Kier alpha value is -3.34. The summed E-state index contributed by atoms with van der Waals surface area (Å²) in [7, 11) is 0. The SMILES string of the molecule is CCOc1ccc(NC(=O)[C@@H]2CC(=O)N(c3cccc4ccccc34)C2)cc1. The van der Waals surface area contributed by atoms with E-state index >= 15 is 0 Å². The summed E-state index contributed by atoms with van der Waals surface area (Å²) in [6.45, 7) is 2.91. The van der Waals surface area contributed by atoms with Crippen LogP contribution in [0.1, 0.15) is 13.3 Å². The van der Waals surface area contributed by atoms with Crippen LogP contribution in [-0.4, -0.2) is 25.0 Å². The van der Waals surface area contributed by atoms with Crippen molar-refractivity contribution < 1.29 is 14.3 Å². The van der Waals surface area contributed by atoms with E-state index < -0.39 is 0 Å². The van der Waals surface area contributed by atoms with Crippen LogP contribution in [0.3, 0.4) is 0 Å². The Labute approximate surface area is 163 Å². The number of carbonyl (C=O) groups is 2. The number of nitrogens with one attached hydrogen (secondary N) is 1. The van der Waals surface area contributed by atoms with E-state index in [1.54, 1.807) is 4.90 Å². The lowest BCUT2D eigenvalue weighted by Gasteiger charge is -2.19. The molecule has 4 rings (SSSR count). The second-order valence-corrected chi connectivity index (χ2v) is 6.85. The normalized spacial score (nSPS) is 16.4. The number of rotatable bonds is 5. The number of nitrogens with zero attached hydrogens (tertiary/aromatic N) is 1. The molecule has 1 saturated heterocycles. The summed E-state index contributed by atoms with van der Waals surface area (Å²) in [5.74, 6) is 0.222. The molecule has 1 fully saturated rings. The van der Waals surface area contributed by atoms with Crippen molar-refractivity contribution in [1.82, 2.24) is 0 Å². The number of ether oxygens (including phenoxy) is 1. The Morgan fingerprint density at radius 2 is 1.82 bits per heavy atom. The number of fused-ring (bicyclic) bond motifs is 1. The van der Waals surface area contributed by atoms with Crippen molar-refractivity contribution in [2.45, 2.75) is 13.3 Å². The molecule has 3 aromatic rings. The molecule has 0 spiro atoms. The van der Waals surface area contributed by atoms with Crippen molar-refractivity contribution in [3.8, 4) is 5.75 Å². The molecule has 1 N–H and O–H groups in total. The van der Waals surface area contributed by atoms with E-state index in [1.165, 1.54) is 0 Å². The number of anilines is 2. The van der Waals surface area contributed by atoms with Crippen molar-refractivity contribution in [2.24, 2.45) is 5.92 Å². The highest BCUT2D eigenvalue weighted by Gasteiger charge is 2.35. The van der Waals surface area contributed by atoms with Gasteiger partial charge in [-0.2, -0.15) is 0 Å². The molecule has 28 heavy (non-hydrogen) atoms. The first-order chi connectivity index (χ1) is 13.7. The molecule has 0 bridgehead atoms. The molecule has 0 radical (unpaired) electrons. The monoisotopic (exact) mass is 374 g/mol. The van der Waals surface area contributed by atoms with Crippen LogP contribution >= 0.6 is 0 Å². The van der Waals surface area contributed by atoms with E-state index in [-0.39, 0.29) is 24.2 Å². The van der Waals surface area contributed by atoms with Gasteiger partial charge in [0.25, 0.3) is 0 Å². The van der Waals surface area contributed by atoms with E-state index in [4.69, 9.17) is 4.74 Å². The van der Waals surface area contributed by atoms with Gasteiger partial charge in [-0.1, -0.05) is 36.4 Å². The molecule has 2 amide bonds. The third-order valence-electron chi connectivity index (χ3n) is 4.99. The maximum atomic E-state index is 12.7. The van der Waals surface area contributed by atoms with Gasteiger partial charge in [0.15, 0.2) is 0 Å². The third kappa shape index (κ3) is 3.56. The van der Waals surface area contributed by atoms with Crippen LogP contribution in [0.15, 0.2) is 66.7 Å². The lowest BCUT2D eigenvalue weighted by atomic mass is 10.1. The molecular formula is C23H22N2O3. The summed E-state index contributed by atoms with van der Waals surface area (Å²) >= 11 is 0. The standard InChI is InChI=1S/C23H22N2O3/c1-2-28-19-12-10-18(11-13-19)24-23(27)17-14-22(26)25(15-17)21-9-5-7-16-6-3-4-8-20(16)21/h3-13,17H,2,14-15H2,1H3,(H,24,27)/t17-/m1/s1. The van der Waals surface area contributed by atoms with E-state index in [0.717, 1.165) is 22.2 Å². The van der Waals surface area contributed by atoms with E-state index in [2.05, 4.69) is 5.32 Å². The second kappa shape index (κ2) is 7.72. The van der Waals surface area contributed by atoms with Crippen molar-refractivity contribution in [1.29, 1.82) is 0 Å². The van der Waals surface area contributed by atoms with Gasteiger partial charge in [0.05, 0.1) is 18.2 Å². The van der Waals surface area contributed by atoms with Gasteiger partial charge in [-0.15, -0.1) is 0 Å². The predicted octanol–water partition coefficient (Wildman–Crippen LogP) is 4.23. The summed E-state index contributed by atoms with van der Waals surface area (Å²) in [4.78, 5) is 27.0. The fourth-order valence-electron chi connectivity index (χ4n) is 3.61. The molecule has 5 heteroatoms. The number of benzene rings is 3. The summed E-state index contributed by atoms with van der Waals surface area (Å²) < 4.78 is 5.41. The van der Waals surface area contributed by atoms with Crippen molar-refractivity contribution in [3.63, 3.8) is 0 Å². The molecule has 1 aliphatic heterocycles. The van der Waals surface area contributed by atoms with Crippen LogP contribution in [0, 0.1) is 5.92 Å². The van der Waals surface area contributed by atoms with Crippen molar-refractivity contribution in [3.05, 3.63) is 66.7 Å². The fraction of sp³-hybridized carbons (Fsp3) is 0.217. The molecule has 5 nitrogen and oxygen atoms in total. The summed E-state index contributed by atoms with van der Waals surface area (Å²) in [5, 5.41) is 5.01. The van der Waals surface area contributed by atoms with Crippen LogP contribution in [0.5, 0.6) is 5.75 Å². The average Bonchev–Trinajstić information content (AvgIpc) is 3.11. The zero-order valence-electron chi connectivity index (χ0n) is 15.7. The molecule has 0 aliphatic carbocycles. The second-order valence-electron chi connectivity index (χ2n) is 6.85. The lowest BCUT2D eigenvalue weighted by molar-refractivity contribution is -0.122. The van der Waals surface area contributed by atoms with E-state index in [0.29, 0.717) is 18.8 Å². The fourth-order valence-corrected chi connectivity index (χ4v) is 3.61. The first kappa shape index (κ1) is 18.0. The highest BCUT2D eigenvalue weighted by atomic mass is 16.5. The average molecular weight is 374 g/mol. The minimum Gasteiger partial charge on any atom is -0.494 e. The van der Waals surface area contributed by atoms with Crippen LogP contribution in [0.25, 0.3) is 10.8 Å². The Balaban J connectivity index is 1.49. The lowest BCUT2D eigenvalue weighted by Crippen LogP contribution is -2.28. The summed E-state index contributed by atoms with van der Waals surface area (Å²) in [6.07, 6.45) is 0.214. The Morgan fingerprint density at radius 1 is 1.07 bits per heavy atom. The predicted molar refractivity (Wildman–Crippen MR) is 111 cm³/mol. The maximum absolute atomic E-state index is 12.7. The molecule has 1 atom stereocenters. The Kier molecular flexibility index (Phi) is 4.98. The van der Waals surface area contributed by atoms with E-state index in [9.17, 15) is 9.59 Å². The van der Waals surface area contributed by atoms with Crippen molar-refractivity contribution in [2.75, 3.05) is 23.4 Å². The zero-order chi connectivity index (χ0) is 19.5. The molecular weight excluding hydrogens is 352 g/mol. The number of amides is 2. The summed E-state index contributed by atoms with van der Waals surface area (Å²) in [5.41, 5.74) is 1.56. The minimum absolute atomic E-state index is 0.0248. The highest BCUT2D eigenvalue weighted by Crippen LogP contribution is 2.32. The van der Waals surface area contributed by atoms with Crippen LogP contribution < -0.4 is 15.0 Å². The first-order valence-electron chi connectivity index (χ1n) is 9.47. The van der Waals surface area contributed by atoms with Crippen LogP contribution in [-0.2, 0) is 9.59 Å². The topological polar surface area (TPSA) is 58.6 Å². The molecule has 142 valence electrons. The molecule has 1 heterocycles. The van der Waals surface area contributed by atoms with Crippen molar-refractivity contribution >= 4 is 34.0 Å². The number of hydrogen-bond acceptors (Lipinski definition) is 3. The molecule has 3 aromatic carbocycles. The largest absolute Gasteiger partial charge is 0.494 e. The van der Waals surface area contributed by atoms with Crippen LogP contribution in [0.2, 0.25) is 0 Å². The van der Waals surface area contributed by atoms with Gasteiger partial charge in [-0.05, 0) is 42.6 Å². The van der Waals surface area contributed by atoms with Gasteiger partial charge >= 0.3 is 0 Å². The maximum Gasteiger partial charge on any atom is 0.229 e.